The molecule has 0 aromatic heterocycles. The number of ether oxygens (including phenoxy) is 1. The lowest BCUT2D eigenvalue weighted by Gasteiger charge is -2.35. The van der Waals surface area contributed by atoms with E-state index in [0.717, 1.165) is 24.2 Å². The quantitative estimate of drug-likeness (QED) is 0.576. The Hall–Kier alpha value is -2.51. The minimum Gasteiger partial charge on any atom is -0.379 e. The van der Waals surface area contributed by atoms with Gasteiger partial charge in [-0.05, 0) is 41.8 Å². The van der Waals surface area contributed by atoms with Crippen molar-refractivity contribution in [2.24, 2.45) is 4.99 Å². The summed E-state index contributed by atoms with van der Waals surface area (Å²) in [6.07, 6.45) is 0. The third-order valence-electron chi connectivity index (χ3n) is 5.09. The average Bonchev–Trinajstić information content (AvgIpc) is 2.74. The number of morpholine rings is 1. The fraction of sp³-hybridized carbons (Fsp3) is 0.409. The van der Waals surface area contributed by atoms with Gasteiger partial charge in [0.25, 0.3) is 0 Å². The summed E-state index contributed by atoms with van der Waals surface area (Å²) in [5.41, 5.74) is 2.51. The molecular weight excluding hydrogens is 374 g/mol. The smallest absolute Gasteiger partial charge is 0.191 e. The highest BCUT2D eigenvalue weighted by Gasteiger charge is 2.23. The molecule has 0 spiro atoms. The molecule has 5 nitrogen and oxygen atoms in total. The molecule has 2 N–H and O–H groups in total. The first-order valence-corrected chi connectivity index (χ1v) is 9.83. The Bertz CT molecular complexity index is 837. The summed E-state index contributed by atoms with van der Waals surface area (Å²) in [6.45, 7) is 5.78. The summed E-state index contributed by atoms with van der Waals surface area (Å²) in [6, 6.07) is 11.8. The van der Waals surface area contributed by atoms with E-state index < -0.39 is 0 Å². The Kier molecular flexibility index (Phi) is 7.55. The van der Waals surface area contributed by atoms with Crippen LogP contribution in [0, 0.1) is 18.6 Å². The number of nitrogens with zero attached hydrogens (tertiary/aromatic N) is 2. The minimum absolute atomic E-state index is 0.00113. The number of aliphatic imine (C=N–C) groups is 1. The zero-order valence-corrected chi connectivity index (χ0v) is 16.9. The van der Waals surface area contributed by atoms with Crippen LogP contribution >= 0.6 is 0 Å². The summed E-state index contributed by atoms with van der Waals surface area (Å²) < 4.78 is 32.7. The van der Waals surface area contributed by atoms with E-state index in [1.54, 1.807) is 32.2 Å². The summed E-state index contributed by atoms with van der Waals surface area (Å²) >= 11 is 0. The average molecular weight is 402 g/mol. The molecular formula is C22H28F2N4O. The lowest BCUT2D eigenvalue weighted by molar-refractivity contribution is 0.0169. The highest BCUT2D eigenvalue weighted by Crippen LogP contribution is 2.22. The number of hydrogen-bond acceptors (Lipinski definition) is 3. The second-order valence-electron chi connectivity index (χ2n) is 7.11. The summed E-state index contributed by atoms with van der Waals surface area (Å²) in [5, 5.41) is 6.59. The fourth-order valence-corrected chi connectivity index (χ4v) is 3.48. The molecule has 1 aliphatic heterocycles. The molecule has 3 rings (SSSR count). The fourth-order valence-electron chi connectivity index (χ4n) is 3.48. The number of hydrogen-bond donors (Lipinski definition) is 2. The van der Waals surface area contributed by atoms with Crippen LogP contribution in [0.25, 0.3) is 0 Å². The van der Waals surface area contributed by atoms with Crippen LogP contribution in [0.15, 0.2) is 47.5 Å². The topological polar surface area (TPSA) is 48.9 Å². The van der Waals surface area contributed by atoms with Crippen molar-refractivity contribution in [3.8, 4) is 0 Å². The molecule has 1 fully saturated rings. The van der Waals surface area contributed by atoms with Gasteiger partial charge in [-0.15, -0.1) is 0 Å². The van der Waals surface area contributed by atoms with Crippen LogP contribution in [-0.2, 0) is 11.3 Å². The summed E-state index contributed by atoms with van der Waals surface area (Å²) in [5.74, 6) is 0.191. The van der Waals surface area contributed by atoms with Crippen LogP contribution in [0.5, 0.6) is 0 Å². The number of benzene rings is 2. The van der Waals surface area contributed by atoms with E-state index in [9.17, 15) is 8.78 Å². The van der Waals surface area contributed by atoms with E-state index in [2.05, 4.69) is 20.5 Å². The van der Waals surface area contributed by atoms with E-state index in [1.807, 2.05) is 12.1 Å². The van der Waals surface area contributed by atoms with Crippen LogP contribution in [0.2, 0.25) is 0 Å². The van der Waals surface area contributed by atoms with Gasteiger partial charge < -0.3 is 15.4 Å². The normalized spacial score (nSPS) is 16.5. The van der Waals surface area contributed by atoms with Gasteiger partial charge in [0.05, 0.1) is 19.3 Å². The van der Waals surface area contributed by atoms with Crippen molar-refractivity contribution in [2.45, 2.75) is 19.5 Å². The lowest BCUT2D eigenvalue weighted by Crippen LogP contribution is -2.46. The highest BCUT2D eigenvalue weighted by molar-refractivity contribution is 5.79. The van der Waals surface area contributed by atoms with Gasteiger partial charge in [-0.25, -0.2) is 8.78 Å². The Morgan fingerprint density at radius 1 is 1.14 bits per heavy atom. The largest absolute Gasteiger partial charge is 0.379 e. The molecule has 0 saturated carbocycles. The third kappa shape index (κ3) is 5.98. The van der Waals surface area contributed by atoms with Crippen molar-refractivity contribution in [3.63, 3.8) is 0 Å². The van der Waals surface area contributed by atoms with Gasteiger partial charge in [0.2, 0.25) is 0 Å². The van der Waals surface area contributed by atoms with Gasteiger partial charge in [-0.1, -0.05) is 24.3 Å². The van der Waals surface area contributed by atoms with Crippen molar-refractivity contribution < 1.29 is 13.5 Å². The molecule has 0 bridgehead atoms. The Labute approximate surface area is 170 Å². The third-order valence-corrected chi connectivity index (χ3v) is 5.09. The molecule has 0 radical (unpaired) electrons. The maximum absolute atomic E-state index is 13.8. The Morgan fingerprint density at radius 3 is 2.62 bits per heavy atom. The molecule has 1 unspecified atom stereocenters. The van der Waals surface area contributed by atoms with Gasteiger partial charge in [0.1, 0.15) is 11.6 Å². The molecule has 29 heavy (non-hydrogen) atoms. The summed E-state index contributed by atoms with van der Waals surface area (Å²) in [7, 11) is 1.71. The predicted octanol–water partition coefficient (Wildman–Crippen LogP) is 3.01. The monoisotopic (exact) mass is 402 g/mol. The molecule has 1 saturated heterocycles. The van der Waals surface area contributed by atoms with Crippen LogP contribution in [0.1, 0.15) is 22.7 Å². The summed E-state index contributed by atoms with van der Waals surface area (Å²) in [4.78, 5) is 6.57. The molecule has 1 aliphatic rings. The van der Waals surface area contributed by atoms with Gasteiger partial charge in [0, 0.05) is 33.2 Å². The number of aryl methyl sites for hydroxylation is 1. The van der Waals surface area contributed by atoms with Crippen molar-refractivity contribution in [3.05, 3.63) is 70.8 Å². The van der Waals surface area contributed by atoms with Crippen molar-refractivity contribution in [1.82, 2.24) is 15.5 Å². The molecule has 0 amide bonds. The molecule has 7 heteroatoms. The molecule has 2 aromatic rings. The first-order chi connectivity index (χ1) is 14.1. The zero-order valence-electron chi connectivity index (χ0n) is 16.9. The van der Waals surface area contributed by atoms with Crippen LogP contribution in [0.4, 0.5) is 8.78 Å². The standard InChI is InChI=1S/C22H28F2N4O/c1-16-12-17(6-7-20(16)24)14-26-22(25-2)27-15-21(28-8-10-29-11-9-28)18-4-3-5-19(23)13-18/h3-7,12-13,21H,8-11,14-15H2,1-2H3,(H2,25,26,27). The van der Waals surface area contributed by atoms with Crippen molar-refractivity contribution in [1.29, 1.82) is 0 Å². The van der Waals surface area contributed by atoms with Crippen molar-refractivity contribution in [2.75, 3.05) is 39.9 Å². The molecule has 2 aromatic carbocycles. The Morgan fingerprint density at radius 2 is 1.93 bits per heavy atom. The minimum atomic E-state index is -0.241. The van der Waals surface area contributed by atoms with Gasteiger partial charge in [0.15, 0.2) is 5.96 Å². The zero-order chi connectivity index (χ0) is 20.6. The first-order valence-electron chi connectivity index (χ1n) is 9.83. The second-order valence-corrected chi connectivity index (χ2v) is 7.11. The number of guanidine groups is 1. The molecule has 1 atom stereocenters. The first kappa shape index (κ1) is 21.2. The molecule has 1 heterocycles. The number of nitrogens with one attached hydrogen (secondary N) is 2. The van der Waals surface area contributed by atoms with Crippen LogP contribution in [0.3, 0.4) is 0 Å². The van der Waals surface area contributed by atoms with Gasteiger partial charge >= 0.3 is 0 Å². The van der Waals surface area contributed by atoms with Crippen LogP contribution in [-0.4, -0.2) is 50.8 Å². The van der Waals surface area contributed by atoms with Gasteiger partial charge in [-0.2, -0.15) is 0 Å². The van der Waals surface area contributed by atoms with Crippen molar-refractivity contribution >= 4 is 5.96 Å². The van der Waals surface area contributed by atoms with E-state index in [1.165, 1.54) is 12.1 Å². The van der Waals surface area contributed by atoms with E-state index in [0.29, 0.717) is 37.8 Å². The molecule has 156 valence electrons. The SMILES string of the molecule is CN=C(NCc1ccc(F)c(C)c1)NCC(c1cccc(F)c1)N1CCOCC1. The highest BCUT2D eigenvalue weighted by atomic mass is 19.1. The maximum Gasteiger partial charge on any atom is 0.191 e. The number of rotatable bonds is 6. The predicted molar refractivity (Wildman–Crippen MR) is 111 cm³/mol. The van der Waals surface area contributed by atoms with E-state index >= 15 is 0 Å². The van der Waals surface area contributed by atoms with E-state index in [-0.39, 0.29) is 17.7 Å². The second kappa shape index (κ2) is 10.3. The lowest BCUT2D eigenvalue weighted by atomic mass is 10.0. The maximum atomic E-state index is 13.8. The van der Waals surface area contributed by atoms with Gasteiger partial charge in [-0.3, -0.25) is 9.89 Å². The van der Waals surface area contributed by atoms with E-state index in [4.69, 9.17) is 4.74 Å². The number of halogens is 2. The molecule has 0 aliphatic carbocycles. The van der Waals surface area contributed by atoms with Crippen LogP contribution < -0.4 is 10.6 Å². The Balaban J connectivity index is 1.64.